The van der Waals surface area contributed by atoms with Crippen molar-refractivity contribution in [2.24, 2.45) is 5.92 Å². The van der Waals surface area contributed by atoms with Gasteiger partial charge in [-0.1, -0.05) is 37.6 Å². The molecule has 0 aliphatic rings. The van der Waals surface area contributed by atoms with Gasteiger partial charge >= 0.3 is 5.97 Å². The molecule has 2 rings (SSSR count). The summed E-state index contributed by atoms with van der Waals surface area (Å²) in [6.07, 6.45) is 4.88. The number of carboxylic acid groups (broad SMARTS) is 1. The molecule has 23 heavy (non-hydrogen) atoms. The Labute approximate surface area is 141 Å². The first kappa shape index (κ1) is 17.4. The summed E-state index contributed by atoms with van der Waals surface area (Å²) in [6, 6.07) is 6.86. The van der Waals surface area contributed by atoms with E-state index in [0.29, 0.717) is 18.1 Å². The van der Waals surface area contributed by atoms with Gasteiger partial charge in [0, 0.05) is 36.1 Å². The Morgan fingerprint density at radius 2 is 1.70 bits per heavy atom. The van der Waals surface area contributed by atoms with E-state index in [4.69, 9.17) is 11.6 Å². The highest BCUT2D eigenvalue weighted by atomic mass is 35.5. The molecule has 0 aliphatic carbocycles. The van der Waals surface area contributed by atoms with Gasteiger partial charge in [-0.05, 0) is 23.6 Å². The summed E-state index contributed by atoms with van der Waals surface area (Å²) >= 11 is 5.92. The topological polar surface area (TPSA) is 66.3 Å². The third-order valence-electron chi connectivity index (χ3n) is 3.58. The smallest absolute Gasteiger partial charge is 0.321 e. The summed E-state index contributed by atoms with van der Waals surface area (Å²) in [7, 11) is 0. The zero-order valence-corrected chi connectivity index (χ0v) is 13.9. The molecular weight excluding hydrogens is 314 g/mol. The van der Waals surface area contributed by atoms with E-state index in [1.165, 1.54) is 6.33 Å². The molecule has 0 saturated carbocycles. The number of hydrogen-bond acceptors (Lipinski definition) is 4. The van der Waals surface area contributed by atoms with Gasteiger partial charge in [0.25, 0.3) is 0 Å². The van der Waals surface area contributed by atoms with Crippen LogP contribution < -0.4 is 0 Å². The summed E-state index contributed by atoms with van der Waals surface area (Å²) in [5.74, 6) is -0.852. The minimum Gasteiger partial charge on any atom is -0.480 e. The number of carboxylic acids is 1. The van der Waals surface area contributed by atoms with Crippen LogP contribution in [0.5, 0.6) is 0 Å². The second-order valence-corrected chi connectivity index (χ2v) is 6.24. The quantitative estimate of drug-likeness (QED) is 0.842. The lowest BCUT2D eigenvalue weighted by Crippen LogP contribution is -2.43. The fraction of sp³-hybridized carbons (Fsp3) is 0.353. The lowest BCUT2D eigenvalue weighted by Gasteiger charge is -2.31. The molecule has 1 heterocycles. The summed E-state index contributed by atoms with van der Waals surface area (Å²) in [5.41, 5.74) is 1.89. The molecule has 0 aliphatic heterocycles. The average molecular weight is 334 g/mol. The van der Waals surface area contributed by atoms with E-state index in [9.17, 15) is 9.90 Å². The maximum atomic E-state index is 11.7. The van der Waals surface area contributed by atoms with Crippen molar-refractivity contribution in [2.75, 3.05) is 0 Å². The van der Waals surface area contributed by atoms with Gasteiger partial charge in [-0.25, -0.2) is 9.97 Å². The third-order valence-corrected chi connectivity index (χ3v) is 3.83. The molecule has 6 heteroatoms. The Morgan fingerprint density at radius 3 is 2.22 bits per heavy atom. The molecule has 0 amide bonds. The molecule has 1 aromatic heterocycles. The van der Waals surface area contributed by atoms with Crippen LogP contribution in [0, 0.1) is 5.92 Å². The maximum Gasteiger partial charge on any atom is 0.321 e. The summed E-state index contributed by atoms with van der Waals surface area (Å²) in [6.45, 7) is 4.81. The predicted octanol–water partition coefficient (Wildman–Crippen LogP) is 3.24. The highest BCUT2D eigenvalue weighted by molar-refractivity contribution is 6.30. The molecule has 0 bridgehead atoms. The molecule has 1 N–H and O–H groups in total. The number of hydrogen-bond donors (Lipinski definition) is 1. The zero-order valence-electron chi connectivity index (χ0n) is 13.2. The molecule has 0 fully saturated rings. The first-order valence-corrected chi connectivity index (χ1v) is 7.80. The van der Waals surface area contributed by atoms with E-state index in [0.717, 1.165) is 11.1 Å². The van der Waals surface area contributed by atoms with Gasteiger partial charge in [-0.15, -0.1) is 0 Å². The minimum atomic E-state index is -0.828. The van der Waals surface area contributed by atoms with E-state index >= 15 is 0 Å². The SMILES string of the molecule is CC(C)C(C(=O)O)N(Cc1ccc(Cl)cc1)Cc1cncnc1. The molecule has 1 atom stereocenters. The number of benzene rings is 1. The molecular formula is C17H20ClN3O2. The van der Waals surface area contributed by atoms with E-state index in [-0.39, 0.29) is 5.92 Å². The van der Waals surface area contributed by atoms with Crippen LogP contribution in [-0.4, -0.2) is 32.0 Å². The number of aromatic nitrogens is 2. The molecule has 0 spiro atoms. The van der Waals surface area contributed by atoms with Crippen LogP contribution in [0.3, 0.4) is 0 Å². The first-order valence-electron chi connectivity index (χ1n) is 7.42. The molecule has 0 radical (unpaired) electrons. The zero-order chi connectivity index (χ0) is 16.8. The monoisotopic (exact) mass is 333 g/mol. The third kappa shape index (κ3) is 5.01. The van der Waals surface area contributed by atoms with Crippen LogP contribution in [0.25, 0.3) is 0 Å². The number of carbonyl (C=O) groups is 1. The molecule has 2 aromatic rings. The van der Waals surface area contributed by atoms with E-state index < -0.39 is 12.0 Å². The first-order chi connectivity index (χ1) is 11.0. The average Bonchev–Trinajstić information content (AvgIpc) is 2.50. The number of nitrogens with zero attached hydrogens (tertiary/aromatic N) is 3. The fourth-order valence-electron chi connectivity index (χ4n) is 2.59. The maximum absolute atomic E-state index is 11.7. The largest absolute Gasteiger partial charge is 0.480 e. The van der Waals surface area contributed by atoms with Crippen LogP contribution >= 0.6 is 11.6 Å². The van der Waals surface area contributed by atoms with Crippen molar-refractivity contribution < 1.29 is 9.90 Å². The van der Waals surface area contributed by atoms with Gasteiger partial charge in [0.05, 0.1) is 0 Å². The highest BCUT2D eigenvalue weighted by Gasteiger charge is 2.29. The summed E-state index contributed by atoms with van der Waals surface area (Å²) < 4.78 is 0. The number of halogens is 1. The van der Waals surface area contributed by atoms with Crippen LogP contribution in [0.1, 0.15) is 25.0 Å². The van der Waals surface area contributed by atoms with Gasteiger partial charge < -0.3 is 5.11 Å². The van der Waals surface area contributed by atoms with Gasteiger partial charge in [-0.3, -0.25) is 9.69 Å². The molecule has 1 unspecified atom stereocenters. The second kappa shape index (κ2) is 8.04. The van der Waals surface area contributed by atoms with Gasteiger partial charge in [-0.2, -0.15) is 0 Å². The Bertz CT molecular complexity index is 632. The lowest BCUT2D eigenvalue weighted by molar-refractivity contribution is -0.145. The fourth-order valence-corrected chi connectivity index (χ4v) is 2.71. The van der Waals surface area contributed by atoms with E-state index in [1.807, 2.05) is 43.0 Å². The molecule has 122 valence electrons. The van der Waals surface area contributed by atoms with Crippen molar-refractivity contribution in [2.45, 2.75) is 33.0 Å². The van der Waals surface area contributed by atoms with Crippen molar-refractivity contribution in [3.63, 3.8) is 0 Å². The standard InChI is InChI=1S/C17H20ClN3O2/c1-12(2)16(17(22)23)21(10-14-7-19-11-20-8-14)9-13-3-5-15(18)6-4-13/h3-8,11-12,16H,9-10H2,1-2H3,(H,22,23). The number of aliphatic carboxylic acids is 1. The van der Waals surface area contributed by atoms with Crippen molar-refractivity contribution in [1.82, 2.24) is 14.9 Å². The predicted molar refractivity (Wildman–Crippen MR) is 89.0 cm³/mol. The van der Waals surface area contributed by atoms with Gasteiger partial charge in [0.1, 0.15) is 12.4 Å². The molecule has 0 saturated heterocycles. The minimum absolute atomic E-state index is 0.0237. The van der Waals surface area contributed by atoms with Gasteiger partial charge in [0.15, 0.2) is 0 Å². The van der Waals surface area contributed by atoms with Crippen LogP contribution in [0.15, 0.2) is 43.0 Å². The van der Waals surface area contributed by atoms with Crippen molar-refractivity contribution >= 4 is 17.6 Å². The Kier molecular flexibility index (Phi) is 6.07. The Morgan fingerprint density at radius 1 is 1.13 bits per heavy atom. The van der Waals surface area contributed by atoms with Crippen LogP contribution in [-0.2, 0) is 17.9 Å². The summed E-state index contributed by atoms with van der Waals surface area (Å²) in [5, 5.41) is 10.3. The van der Waals surface area contributed by atoms with E-state index in [1.54, 1.807) is 12.4 Å². The second-order valence-electron chi connectivity index (χ2n) is 5.81. The van der Waals surface area contributed by atoms with Crippen molar-refractivity contribution in [3.8, 4) is 0 Å². The normalized spacial score (nSPS) is 12.6. The van der Waals surface area contributed by atoms with Gasteiger partial charge in [0.2, 0.25) is 0 Å². The molecule has 1 aromatic carbocycles. The van der Waals surface area contributed by atoms with Crippen LogP contribution in [0.2, 0.25) is 5.02 Å². The summed E-state index contributed by atoms with van der Waals surface area (Å²) in [4.78, 5) is 21.7. The Balaban J connectivity index is 2.26. The van der Waals surface area contributed by atoms with Crippen molar-refractivity contribution in [3.05, 3.63) is 59.1 Å². The lowest BCUT2D eigenvalue weighted by atomic mass is 10.0. The van der Waals surface area contributed by atoms with E-state index in [2.05, 4.69) is 9.97 Å². The van der Waals surface area contributed by atoms with Crippen LogP contribution in [0.4, 0.5) is 0 Å². The number of rotatable bonds is 7. The highest BCUT2D eigenvalue weighted by Crippen LogP contribution is 2.19. The Hall–Kier alpha value is -1.98. The molecule has 5 nitrogen and oxygen atoms in total. The van der Waals surface area contributed by atoms with Crippen molar-refractivity contribution in [1.29, 1.82) is 0 Å².